The van der Waals surface area contributed by atoms with Gasteiger partial charge in [-0.25, -0.2) is 0 Å². The Balaban J connectivity index is 1.71. The molecule has 0 bridgehead atoms. The summed E-state index contributed by atoms with van der Waals surface area (Å²) in [5.41, 5.74) is 5.81. The highest BCUT2D eigenvalue weighted by Crippen LogP contribution is 2.20. The maximum absolute atomic E-state index is 5.81. The van der Waals surface area contributed by atoms with Gasteiger partial charge in [-0.05, 0) is 18.6 Å². The third kappa shape index (κ3) is 3.43. The molecule has 7 nitrogen and oxygen atoms in total. The van der Waals surface area contributed by atoms with Gasteiger partial charge in [0, 0.05) is 24.9 Å². The van der Waals surface area contributed by atoms with Gasteiger partial charge in [-0.2, -0.15) is 26.7 Å². The maximum atomic E-state index is 5.81. The van der Waals surface area contributed by atoms with Crippen LogP contribution in [0.2, 0.25) is 0 Å². The first-order chi connectivity index (χ1) is 9.81. The van der Waals surface area contributed by atoms with Gasteiger partial charge in [0.2, 0.25) is 17.8 Å². The highest BCUT2D eigenvalue weighted by molar-refractivity contribution is 7.99. The van der Waals surface area contributed by atoms with Crippen LogP contribution in [0.15, 0.2) is 0 Å². The lowest BCUT2D eigenvalue weighted by atomic mass is 10.2. The van der Waals surface area contributed by atoms with E-state index in [1.165, 1.54) is 12.2 Å². The number of nitrogens with two attached hydrogens (primary N) is 1. The molecule has 2 fully saturated rings. The van der Waals surface area contributed by atoms with Crippen LogP contribution in [-0.2, 0) is 4.74 Å². The zero-order chi connectivity index (χ0) is 13.8. The summed E-state index contributed by atoms with van der Waals surface area (Å²) < 4.78 is 5.34. The van der Waals surface area contributed by atoms with Crippen molar-refractivity contribution >= 4 is 29.6 Å². The molecule has 3 rings (SSSR count). The van der Waals surface area contributed by atoms with Crippen LogP contribution in [0.25, 0.3) is 0 Å². The molecule has 0 aromatic carbocycles. The van der Waals surface area contributed by atoms with E-state index in [0.717, 1.165) is 25.3 Å². The summed E-state index contributed by atoms with van der Waals surface area (Å²) in [6.45, 7) is 2.99. The normalized spacial score (nSPS) is 23.6. The molecule has 110 valence electrons. The van der Waals surface area contributed by atoms with Gasteiger partial charge in [-0.1, -0.05) is 0 Å². The van der Waals surface area contributed by atoms with E-state index in [1.54, 1.807) is 0 Å². The molecule has 0 aliphatic carbocycles. The molecule has 1 aromatic heterocycles. The van der Waals surface area contributed by atoms with Crippen LogP contribution >= 0.6 is 11.8 Å². The topological polar surface area (TPSA) is 89.2 Å². The smallest absolute Gasteiger partial charge is 0.232 e. The zero-order valence-corrected chi connectivity index (χ0v) is 12.2. The molecule has 3 heterocycles. The van der Waals surface area contributed by atoms with Crippen molar-refractivity contribution < 1.29 is 4.74 Å². The molecule has 8 heteroatoms. The van der Waals surface area contributed by atoms with Crippen LogP contribution in [0.5, 0.6) is 0 Å². The molecule has 0 amide bonds. The largest absolute Gasteiger partial charge is 0.378 e. The molecular formula is C12H20N6OS. The number of anilines is 3. The third-order valence-corrected chi connectivity index (χ3v) is 4.64. The Kier molecular flexibility index (Phi) is 4.41. The summed E-state index contributed by atoms with van der Waals surface area (Å²) >= 11 is 1.97. The van der Waals surface area contributed by atoms with E-state index < -0.39 is 0 Å². The fraction of sp³-hybridized carbons (Fsp3) is 0.750. The van der Waals surface area contributed by atoms with Gasteiger partial charge >= 0.3 is 0 Å². The number of hydrogen-bond donors (Lipinski definition) is 2. The van der Waals surface area contributed by atoms with Crippen LogP contribution in [-0.4, -0.2) is 58.8 Å². The van der Waals surface area contributed by atoms with Crippen LogP contribution in [0.4, 0.5) is 17.8 Å². The molecule has 3 N–H and O–H groups in total. The second-order valence-corrected chi connectivity index (χ2v) is 6.12. The number of rotatable bonds is 3. The fourth-order valence-electron chi connectivity index (χ4n) is 2.39. The number of nitrogens with one attached hydrogen (secondary N) is 1. The number of hydrogen-bond acceptors (Lipinski definition) is 8. The lowest BCUT2D eigenvalue weighted by Gasteiger charge is -2.27. The van der Waals surface area contributed by atoms with Gasteiger partial charge in [0.1, 0.15) is 0 Å². The Morgan fingerprint density at radius 3 is 2.85 bits per heavy atom. The molecular weight excluding hydrogens is 276 g/mol. The standard InChI is InChI=1S/C12H20N6OS/c13-10-15-11(14-9-2-1-7-20-8-9)17-12(16-10)18-3-5-19-6-4-18/h9H,1-8H2,(H3,13,14,15,16,17). The number of nitrogens with zero attached hydrogens (tertiary/aromatic N) is 4. The first-order valence-electron chi connectivity index (χ1n) is 7.00. The van der Waals surface area contributed by atoms with Gasteiger partial charge in [0.05, 0.1) is 13.2 Å². The van der Waals surface area contributed by atoms with E-state index in [-0.39, 0.29) is 5.95 Å². The maximum Gasteiger partial charge on any atom is 0.232 e. The van der Waals surface area contributed by atoms with Gasteiger partial charge in [-0.3, -0.25) is 0 Å². The summed E-state index contributed by atoms with van der Waals surface area (Å²) in [5, 5.41) is 3.38. The molecule has 2 aliphatic heterocycles. The Morgan fingerprint density at radius 2 is 2.10 bits per heavy atom. The Morgan fingerprint density at radius 1 is 1.25 bits per heavy atom. The van der Waals surface area contributed by atoms with Gasteiger partial charge < -0.3 is 20.7 Å². The van der Waals surface area contributed by atoms with Gasteiger partial charge in [-0.15, -0.1) is 0 Å². The number of morpholine rings is 1. The lowest BCUT2D eigenvalue weighted by Crippen LogP contribution is -2.38. The first kappa shape index (κ1) is 13.7. The van der Waals surface area contributed by atoms with Crippen molar-refractivity contribution in [1.29, 1.82) is 0 Å². The Hall–Kier alpha value is -1.28. The highest BCUT2D eigenvalue weighted by Gasteiger charge is 2.18. The minimum absolute atomic E-state index is 0.271. The minimum Gasteiger partial charge on any atom is -0.378 e. The number of aromatic nitrogens is 3. The third-order valence-electron chi connectivity index (χ3n) is 3.43. The second-order valence-electron chi connectivity index (χ2n) is 4.98. The summed E-state index contributed by atoms with van der Waals surface area (Å²) in [7, 11) is 0. The summed E-state index contributed by atoms with van der Waals surface area (Å²) in [6.07, 6.45) is 2.39. The first-order valence-corrected chi connectivity index (χ1v) is 8.15. The van der Waals surface area contributed by atoms with Crippen LogP contribution < -0.4 is 16.0 Å². The van der Waals surface area contributed by atoms with Crippen molar-refractivity contribution in [2.24, 2.45) is 0 Å². The van der Waals surface area contributed by atoms with Crippen LogP contribution in [0.3, 0.4) is 0 Å². The molecule has 2 aliphatic rings. The molecule has 2 saturated heterocycles. The molecule has 0 spiro atoms. The predicted octanol–water partition coefficient (Wildman–Crippen LogP) is 0.598. The van der Waals surface area contributed by atoms with E-state index in [4.69, 9.17) is 10.5 Å². The molecule has 1 atom stereocenters. The quantitative estimate of drug-likeness (QED) is 0.838. The minimum atomic E-state index is 0.271. The summed E-state index contributed by atoms with van der Waals surface area (Å²) in [6, 6.07) is 0.424. The second kappa shape index (κ2) is 6.45. The molecule has 1 aromatic rings. The van der Waals surface area contributed by atoms with Crippen molar-refractivity contribution in [2.45, 2.75) is 18.9 Å². The van der Waals surface area contributed by atoms with E-state index in [0.29, 0.717) is 31.2 Å². The lowest BCUT2D eigenvalue weighted by molar-refractivity contribution is 0.122. The van der Waals surface area contributed by atoms with Crippen molar-refractivity contribution in [3.8, 4) is 0 Å². The Bertz CT molecular complexity index is 448. The summed E-state index contributed by atoms with van der Waals surface area (Å²) in [4.78, 5) is 15.0. The molecule has 1 unspecified atom stereocenters. The van der Waals surface area contributed by atoms with Crippen molar-refractivity contribution in [1.82, 2.24) is 15.0 Å². The number of ether oxygens (including phenoxy) is 1. The molecule has 20 heavy (non-hydrogen) atoms. The van der Waals surface area contributed by atoms with Gasteiger partial charge in [0.15, 0.2) is 0 Å². The van der Waals surface area contributed by atoms with Crippen molar-refractivity contribution in [2.75, 3.05) is 53.8 Å². The highest BCUT2D eigenvalue weighted by atomic mass is 32.2. The van der Waals surface area contributed by atoms with Crippen LogP contribution in [0, 0.1) is 0 Å². The van der Waals surface area contributed by atoms with E-state index in [1.807, 2.05) is 11.8 Å². The average Bonchev–Trinajstić information content (AvgIpc) is 2.49. The SMILES string of the molecule is Nc1nc(NC2CCCSC2)nc(N2CCOCC2)n1. The van der Waals surface area contributed by atoms with Crippen molar-refractivity contribution in [3.05, 3.63) is 0 Å². The average molecular weight is 296 g/mol. The van der Waals surface area contributed by atoms with Crippen molar-refractivity contribution in [3.63, 3.8) is 0 Å². The van der Waals surface area contributed by atoms with E-state index >= 15 is 0 Å². The predicted molar refractivity (Wildman–Crippen MR) is 81.2 cm³/mol. The number of nitrogen functional groups attached to an aromatic ring is 1. The van der Waals surface area contributed by atoms with Gasteiger partial charge in [0.25, 0.3) is 0 Å². The number of thioether (sulfide) groups is 1. The summed E-state index contributed by atoms with van der Waals surface area (Å²) in [5.74, 6) is 3.85. The Labute approximate surface area is 122 Å². The van der Waals surface area contributed by atoms with Crippen LogP contribution in [0.1, 0.15) is 12.8 Å². The van der Waals surface area contributed by atoms with E-state index in [9.17, 15) is 0 Å². The fourth-order valence-corrected chi connectivity index (χ4v) is 3.46. The zero-order valence-electron chi connectivity index (χ0n) is 11.4. The molecule has 0 saturated carbocycles. The molecule has 0 radical (unpaired) electrons. The van der Waals surface area contributed by atoms with E-state index in [2.05, 4.69) is 25.2 Å². The monoisotopic (exact) mass is 296 g/mol.